The van der Waals surface area contributed by atoms with Crippen molar-refractivity contribution in [2.45, 2.75) is 57.8 Å². The molecule has 8 nitrogen and oxygen atoms in total. The number of nitrogens with one attached hydrogen (secondary N) is 2. The van der Waals surface area contributed by atoms with Gasteiger partial charge in [-0.2, -0.15) is 0 Å². The zero-order valence-electron chi connectivity index (χ0n) is 17.3. The molecular formula is C20H38N4O4. The van der Waals surface area contributed by atoms with E-state index in [1.807, 2.05) is 0 Å². The van der Waals surface area contributed by atoms with E-state index in [1.54, 1.807) is 7.11 Å². The number of hydroxylamine groups is 2. The summed E-state index contributed by atoms with van der Waals surface area (Å²) in [6.45, 7) is 3.04. The van der Waals surface area contributed by atoms with Crippen LogP contribution in [0, 0.1) is 5.92 Å². The maximum absolute atomic E-state index is 11.4. The third-order valence-corrected chi connectivity index (χ3v) is 4.89. The Hall–Kier alpha value is -1.32. The Morgan fingerprint density at radius 3 is 2.25 bits per heavy atom. The van der Waals surface area contributed by atoms with E-state index < -0.39 is 0 Å². The molecule has 2 amide bonds. The van der Waals surface area contributed by atoms with E-state index >= 15 is 0 Å². The molecule has 0 fully saturated rings. The summed E-state index contributed by atoms with van der Waals surface area (Å²) in [7, 11) is 1.65. The minimum absolute atomic E-state index is 0.256. The van der Waals surface area contributed by atoms with Gasteiger partial charge in [0.15, 0.2) is 0 Å². The zero-order valence-corrected chi connectivity index (χ0v) is 17.3. The summed E-state index contributed by atoms with van der Waals surface area (Å²) in [6, 6.07) is 0. The zero-order chi connectivity index (χ0) is 20.5. The molecule has 0 aromatic heterocycles. The van der Waals surface area contributed by atoms with Gasteiger partial charge in [0.1, 0.15) is 0 Å². The molecule has 0 bridgehead atoms. The summed E-state index contributed by atoms with van der Waals surface area (Å²) in [5.41, 5.74) is 11.4. The van der Waals surface area contributed by atoms with Crippen molar-refractivity contribution in [1.29, 1.82) is 0 Å². The van der Waals surface area contributed by atoms with Gasteiger partial charge in [-0.15, -0.1) is 0 Å². The molecule has 4 N–H and O–H groups in total. The average molecular weight is 399 g/mol. The number of rotatable bonds is 19. The second kappa shape index (κ2) is 16.6. The van der Waals surface area contributed by atoms with Gasteiger partial charge in [0.2, 0.25) is 0 Å². The van der Waals surface area contributed by atoms with Crippen molar-refractivity contribution in [2.24, 2.45) is 11.7 Å². The van der Waals surface area contributed by atoms with Crippen molar-refractivity contribution in [3.63, 3.8) is 0 Å². The van der Waals surface area contributed by atoms with E-state index in [2.05, 4.69) is 11.0 Å². The largest absolute Gasteiger partial charge is 0.330 e. The summed E-state index contributed by atoms with van der Waals surface area (Å²) >= 11 is 0. The lowest BCUT2D eigenvalue weighted by atomic mass is 9.97. The molecule has 1 aliphatic rings. The fraction of sp³-hybridized carbons (Fsp3) is 0.800. The summed E-state index contributed by atoms with van der Waals surface area (Å²) in [5.74, 6) is 0.0919. The molecular weight excluding hydrogens is 360 g/mol. The highest BCUT2D eigenvalue weighted by Crippen LogP contribution is 2.14. The Bertz CT molecular complexity index is 441. The van der Waals surface area contributed by atoms with E-state index in [0.717, 1.165) is 32.4 Å². The summed E-state index contributed by atoms with van der Waals surface area (Å²) in [4.78, 5) is 34.2. The van der Waals surface area contributed by atoms with Crippen LogP contribution in [-0.2, 0) is 19.3 Å². The molecule has 1 rings (SSSR count). The van der Waals surface area contributed by atoms with Gasteiger partial charge in [-0.25, -0.2) is 11.0 Å². The van der Waals surface area contributed by atoms with E-state index in [9.17, 15) is 9.59 Å². The minimum atomic E-state index is -0.256. The van der Waals surface area contributed by atoms with Crippen LogP contribution in [0.15, 0.2) is 12.2 Å². The SMILES string of the molecule is CONCC(CCN)CCCCCCCCCONCCN1C(=O)C=CC1=O. The lowest BCUT2D eigenvalue weighted by Gasteiger charge is -2.15. The quantitative estimate of drug-likeness (QED) is 0.173. The molecule has 28 heavy (non-hydrogen) atoms. The Morgan fingerprint density at radius 2 is 1.61 bits per heavy atom. The van der Waals surface area contributed by atoms with Crippen LogP contribution in [0.4, 0.5) is 0 Å². The molecule has 0 aromatic rings. The highest BCUT2D eigenvalue weighted by atomic mass is 16.6. The second-order valence-corrected chi connectivity index (χ2v) is 7.16. The first-order valence-electron chi connectivity index (χ1n) is 10.5. The highest BCUT2D eigenvalue weighted by molar-refractivity contribution is 6.12. The van der Waals surface area contributed by atoms with E-state index in [-0.39, 0.29) is 11.8 Å². The van der Waals surface area contributed by atoms with Crippen molar-refractivity contribution in [2.75, 3.05) is 39.9 Å². The lowest BCUT2D eigenvalue weighted by molar-refractivity contribution is -0.137. The van der Waals surface area contributed by atoms with Crippen molar-refractivity contribution >= 4 is 11.8 Å². The Labute approximate surface area is 169 Å². The number of nitrogens with two attached hydrogens (primary N) is 1. The molecule has 0 radical (unpaired) electrons. The van der Waals surface area contributed by atoms with Gasteiger partial charge < -0.3 is 15.4 Å². The first kappa shape index (κ1) is 24.7. The van der Waals surface area contributed by atoms with Gasteiger partial charge in [0, 0.05) is 31.8 Å². The predicted molar refractivity (Wildman–Crippen MR) is 109 cm³/mol. The molecule has 8 heteroatoms. The van der Waals surface area contributed by atoms with Crippen LogP contribution < -0.4 is 16.7 Å². The monoisotopic (exact) mass is 398 g/mol. The number of carbonyl (C=O) groups excluding carboxylic acids is 2. The Kier molecular flexibility index (Phi) is 14.7. The van der Waals surface area contributed by atoms with Gasteiger partial charge in [-0.1, -0.05) is 38.5 Å². The van der Waals surface area contributed by atoms with Crippen molar-refractivity contribution < 1.29 is 19.3 Å². The van der Waals surface area contributed by atoms with Gasteiger partial charge >= 0.3 is 0 Å². The molecule has 1 heterocycles. The number of carbonyl (C=O) groups is 2. The van der Waals surface area contributed by atoms with Crippen LogP contribution >= 0.6 is 0 Å². The normalized spacial score (nSPS) is 15.0. The third-order valence-electron chi connectivity index (χ3n) is 4.89. The van der Waals surface area contributed by atoms with E-state index in [4.69, 9.17) is 15.4 Å². The predicted octanol–water partition coefficient (Wildman–Crippen LogP) is 1.67. The van der Waals surface area contributed by atoms with Gasteiger partial charge in [0.05, 0.1) is 13.7 Å². The Morgan fingerprint density at radius 1 is 0.964 bits per heavy atom. The van der Waals surface area contributed by atoms with Gasteiger partial charge in [0.25, 0.3) is 11.8 Å². The molecule has 1 unspecified atom stereocenters. The number of nitrogens with zero attached hydrogens (tertiary/aromatic N) is 1. The number of amides is 2. The van der Waals surface area contributed by atoms with Crippen LogP contribution in [0.25, 0.3) is 0 Å². The lowest BCUT2D eigenvalue weighted by Crippen LogP contribution is -2.36. The van der Waals surface area contributed by atoms with Crippen LogP contribution in [0.1, 0.15) is 57.8 Å². The molecule has 0 aromatic carbocycles. The van der Waals surface area contributed by atoms with Crippen LogP contribution in [0.3, 0.4) is 0 Å². The third kappa shape index (κ3) is 11.5. The van der Waals surface area contributed by atoms with Crippen molar-refractivity contribution in [3.05, 3.63) is 12.2 Å². The maximum atomic E-state index is 11.4. The second-order valence-electron chi connectivity index (χ2n) is 7.16. The van der Waals surface area contributed by atoms with Gasteiger partial charge in [-0.05, 0) is 31.7 Å². The summed E-state index contributed by atoms with van der Waals surface area (Å²) in [6.07, 6.45) is 13.3. The van der Waals surface area contributed by atoms with Crippen molar-refractivity contribution in [1.82, 2.24) is 15.9 Å². The van der Waals surface area contributed by atoms with E-state index in [0.29, 0.717) is 25.6 Å². The molecule has 0 saturated heterocycles. The first-order valence-corrected chi connectivity index (χ1v) is 10.5. The van der Waals surface area contributed by atoms with Crippen LogP contribution in [-0.4, -0.2) is 56.6 Å². The molecule has 0 aliphatic carbocycles. The first-order chi connectivity index (χ1) is 13.7. The topological polar surface area (TPSA) is 106 Å². The molecule has 162 valence electrons. The number of imide groups is 1. The Balaban J connectivity index is 1.82. The standard InChI is InChI=1S/C20H38N4O4/c1-27-23-17-18(12-13-21)9-7-5-3-2-4-6-8-16-28-22-14-15-24-19(25)10-11-20(24)26/h10-11,18,22-23H,2-9,12-17,21H2,1H3. The summed E-state index contributed by atoms with van der Waals surface area (Å²) in [5, 5.41) is 0. The van der Waals surface area contributed by atoms with Gasteiger partial charge in [-0.3, -0.25) is 14.5 Å². The molecule has 0 spiro atoms. The average Bonchev–Trinajstić information content (AvgIpc) is 3.01. The fourth-order valence-electron chi connectivity index (χ4n) is 3.23. The van der Waals surface area contributed by atoms with Crippen LogP contribution in [0.2, 0.25) is 0 Å². The number of unbranched alkanes of at least 4 members (excludes halogenated alkanes) is 6. The fourth-order valence-corrected chi connectivity index (χ4v) is 3.23. The van der Waals surface area contributed by atoms with Crippen molar-refractivity contribution in [3.8, 4) is 0 Å². The highest BCUT2D eigenvalue weighted by Gasteiger charge is 2.22. The molecule has 1 aliphatic heterocycles. The smallest absolute Gasteiger partial charge is 0.253 e. The molecule has 0 saturated carbocycles. The van der Waals surface area contributed by atoms with Crippen LogP contribution in [0.5, 0.6) is 0 Å². The van der Waals surface area contributed by atoms with E-state index in [1.165, 1.54) is 55.6 Å². The minimum Gasteiger partial charge on any atom is -0.330 e. The number of hydrogen-bond acceptors (Lipinski definition) is 7. The molecule has 1 atom stereocenters. The maximum Gasteiger partial charge on any atom is 0.253 e. The number of hydrogen-bond donors (Lipinski definition) is 3. The summed E-state index contributed by atoms with van der Waals surface area (Å²) < 4.78 is 0.